The Hall–Kier alpha value is -1.55. The van der Waals surface area contributed by atoms with Crippen molar-refractivity contribution in [2.45, 2.75) is 32.9 Å². The molecule has 1 atom stereocenters. The summed E-state index contributed by atoms with van der Waals surface area (Å²) >= 11 is 1.74. The molecular formula is C14H18N2OS. The van der Waals surface area contributed by atoms with Crippen LogP contribution in [0.4, 0.5) is 5.82 Å². The summed E-state index contributed by atoms with van der Waals surface area (Å²) in [7, 11) is 0. The van der Waals surface area contributed by atoms with Crippen LogP contribution >= 0.6 is 11.3 Å². The number of nitrogens with one attached hydrogen (secondary N) is 1. The second-order valence-corrected chi connectivity index (χ2v) is 5.38. The second kappa shape index (κ2) is 5.87. The maximum absolute atomic E-state index is 5.74. The van der Waals surface area contributed by atoms with Gasteiger partial charge in [0.2, 0.25) is 0 Å². The summed E-state index contributed by atoms with van der Waals surface area (Å²) in [5.41, 5.74) is 0. The summed E-state index contributed by atoms with van der Waals surface area (Å²) < 4.78 is 5.74. The molecule has 0 aliphatic heterocycles. The zero-order valence-electron chi connectivity index (χ0n) is 10.9. The molecule has 1 unspecified atom stereocenters. The van der Waals surface area contributed by atoms with Gasteiger partial charge >= 0.3 is 0 Å². The highest BCUT2D eigenvalue weighted by molar-refractivity contribution is 7.10. The Labute approximate surface area is 112 Å². The molecule has 0 fully saturated rings. The summed E-state index contributed by atoms with van der Waals surface area (Å²) in [5, 5.41) is 5.47. The quantitative estimate of drug-likeness (QED) is 0.880. The minimum Gasteiger partial charge on any atom is -0.487 e. The molecule has 2 heterocycles. The number of hydrogen-bond acceptors (Lipinski definition) is 4. The average molecular weight is 262 g/mol. The van der Waals surface area contributed by atoms with Crippen molar-refractivity contribution < 1.29 is 4.74 Å². The number of anilines is 1. The number of rotatable bonds is 5. The van der Waals surface area contributed by atoms with Crippen molar-refractivity contribution in [3.05, 3.63) is 40.7 Å². The van der Waals surface area contributed by atoms with Gasteiger partial charge in [-0.1, -0.05) is 6.07 Å². The van der Waals surface area contributed by atoms with E-state index in [1.807, 2.05) is 26.0 Å². The van der Waals surface area contributed by atoms with E-state index >= 15 is 0 Å². The van der Waals surface area contributed by atoms with Gasteiger partial charge in [0.1, 0.15) is 0 Å². The molecule has 4 heteroatoms. The Balaban J connectivity index is 2.13. The van der Waals surface area contributed by atoms with Gasteiger partial charge in [0.15, 0.2) is 11.6 Å². The van der Waals surface area contributed by atoms with Crippen molar-refractivity contribution in [3.63, 3.8) is 0 Å². The first-order chi connectivity index (χ1) is 8.66. The topological polar surface area (TPSA) is 34.1 Å². The van der Waals surface area contributed by atoms with Crippen molar-refractivity contribution in [3.8, 4) is 5.75 Å². The Kier molecular flexibility index (Phi) is 4.20. The van der Waals surface area contributed by atoms with Crippen LogP contribution in [0, 0.1) is 0 Å². The molecule has 0 saturated carbocycles. The number of hydrogen-bond donors (Lipinski definition) is 1. The third-order valence-corrected chi connectivity index (χ3v) is 3.51. The summed E-state index contributed by atoms with van der Waals surface area (Å²) in [4.78, 5) is 5.64. The van der Waals surface area contributed by atoms with Gasteiger partial charge in [-0.05, 0) is 44.4 Å². The van der Waals surface area contributed by atoms with Gasteiger partial charge in [-0.25, -0.2) is 4.98 Å². The fourth-order valence-electron chi connectivity index (χ4n) is 1.66. The first kappa shape index (κ1) is 12.9. The van der Waals surface area contributed by atoms with Crippen molar-refractivity contribution >= 4 is 17.2 Å². The average Bonchev–Trinajstić information content (AvgIpc) is 2.84. The summed E-state index contributed by atoms with van der Waals surface area (Å²) in [6.07, 6.45) is 1.92. The maximum atomic E-state index is 5.74. The van der Waals surface area contributed by atoms with E-state index in [1.54, 1.807) is 17.5 Å². The van der Waals surface area contributed by atoms with Gasteiger partial charge in [0.25, 0.3) is 0 Å². The Bertz CT molecular complexity index is 482. The van der Waals surface area contributed by atoms with Crippen LogP contribution in [-0.2, 0) is 0 Å². The minimum atomic E-state index is 0.145. The predicted octanol–water partition coefficient (Wildman–Crippen LogP) is 4.10. The van der Waals surface area contributed by atoms with Crippen LogP contribution in [0.25, 0.3) is 0 Å². The molecule has 2 aromatic heterocycles. The lowest BCUT2D eigenvalue weighted by Gasteiger charge is -2.17. The molecule has 18 heavy (non-hydrogen) atoms. The van der Waals surface area contributed by atoms with Crippen molar-refractivity contribution in [2.24, 2.45) is 0 Å². The highest BCUT2D eigenvalue weighted by Crippen LogP contribution is 2.28. The Morgan fingerprint density at radius 2 is 2.06 bits per heavy atom. The molecule has 0 saturated heterocycles. The number of thiophene rings is 1. The lowest BCUT2D eigenvalue weighted by atomic mass is 10.2. The summed E-state index contributed by atoms with van der Waals surface area (Å²) in [6.45, 7) is 6.15. The predicted molar refractivity (Wildman–Crippen MR) is 76.4 cm³/mol. The molecule has 0 radical (unpaired) electrons. The standard InChI is InChI=1S/C14H18N2OS/c1-10(2)17-12-6-4-8-15-14(12)16-11(3)13-7-5-9-18-13/h4-11H,1-3H3,(H,15,16). The monoisotopic (exact) mass is 262 g/mol. The van der Waals surface area contributed by atoms with Gasteiger partial charge in [-0.3, -0.25) is 0 Å². The fraction of sp³-hybridized carbons (Fsp3) is 0.357. The minimum absolute atomic E-state index is 0.145. The van der Waals surface area contributed by atoms with Gasteiger partial charge in [0, 0.05) is 11.1 Å². The molecular weight excluding hydrogens is 244 g/mol. The zero-order chi connectivity index (χ0) is 13.0. The van der Waals surface area contributed by atoms with Gasteiger partial charge in [-0.15, -0.1) is 11.3 Å². The molecule has 0 amide bonds. The van der Waals surface area contributed by atoms with Gasteiger partial charge < -0.3 is 10.1 Å². The van der Waals surface area contributed by atoms with Gasteiger partial charge in [-0.2, -0.15) is 0 Å². The summed E-state index contributed by atoms with van der Waals surface area (Å²) in [5.74, 6) is 1.60. The van der Waals surface area contributed by atoms with Crippen LogP contribution < -0.4 is 10.1 Å². The molecule has 96 valence electrons. The number of ether oxygens (including phenoxy) is 1. The summed E-state index contributed by atoms with van der Waals surface area (Å²) in [6, 6.07) is 8.24. The SMILES string of the molecule is CC(C)Oc1cccnc1NC(C)c1cccs1. The van der Waals surface area contributed by atoms with Crippen LogP contribution in [0.3, 0.4) is 0 Å². The molecule has 2 aromatic rings. The van der Waals surface area contributed by atoms with Crippen LogP contribution in [0.2, 0.25) is 0 Å². The molecule has 0 spiro atoms. The van der Waals surface area contributed by atoms with E-state index in [2.05, 4.69) is 34.7 Å². The van der Waals surface area contributed by atoms with E-state index in [1.165, 1.54) is 4.88 Å². The highest BCUT2D eigenvalue weighted by Gasteiger charge is 2.11. The van der Waals surface area contributed by atoms with Gasteiger partial charge in [0.05, 0.1) is 12.1 Å². The van der Waals surface area contributed by atoms with Crippen molar-refractivity contribution in [2.75, 3.05) is 5.32 Å². The molecule has 0 aromatic carbocycles. The molecule has 1 N–H and O–H groups in total. The molecule has 0 bridgehead atoms. The van der Waals surface area contributed by atoms with E-state index in [9.17, 15) is 0 Å². The zero-order valence-corrected chi connectivity index (χ0v) is 11.7. The highest BCUT2D eigenvalue weighted by atomic mass is 32.1. The van der Waals surface area contributed by atoms with E-state index in [0.717, 1.165) is 11.6 Å². The maximum Gasteiger partial charge on any atom is 0.169 e. The van der Waals surface area contributed by atoms with Crippen molar-refractivity contribution in [1.82, 2.24) is 4.98 Å². The largest absolute Gasteiger partial charge is 0.487 e. The fourth-order valence-corrected chi connectivity index (χ4v) is 2.40. The van der Waals surface area contributed by atoms with E-state index in [0.29, 0.717) is 0 Å². The van der Waals surface area contributed by atoms with E-state index < -0.39 is 0 Å². The van der Waals surface area contributed by atoms with E-state index in [-0.39, 0.29) is 12.1 Å². The normalized spacial score (nSPS) is 12.4. The van der Waals surface area contributed by atoms with Crippen LogP contribution in [0.1, 0.15) is 31.7 Å². The first-order valence-corrected chi connectivity index (χ1v) is 6.96. The third kappa shape index (κ3) is 3.23. The number of pyridine rings is 1. The van der Waals surface area contributed by atoms with Crippen LogP contribution in [0.5, 0.6) is 5.75 Å². The first-order valence-electron chi connectivity index (χ1n) is 6.08. The van der Waals surface area contributed by atoms with E-state index in [4.69, 9.17) is 4.74 Å². The molecule has 0 aliphatic carbocycles. The molecule has 2 rings (SSSR count). The second-order valence-electron chi connectivity index (χ2n) is 4.40. The number of nitrogens with zero attached hydrogens (tertiary/aromatic N) is 1. The lowest BCUT2D eigenvalue weighted by Crippen LogP contribution is -2.11. The lowest BCUT2D eigenvalue weighted by molar-refractivity contribution is 0.242. The Morgan fingerprint density at radius 3 is 2.72 bits per heavy atom. The third-order valence-electron chi connectivity index (χ3n) is 2.46. The van der Waals surface area contributed by atoms with Crippen LogP contribution in [0.15, 0.2) is 35.8 Å². The smallest absolute Gasteiger partial charge is 0.169 e. The Morgan fingerprint density at radius 1 is 1.22 bits per heavy atom. The van der Waals surface area contributed by atoms with Crippen LogP contribution in [-0.4, -0.2) is 11.1 Å². The molecule has 3 nitrogen and oxygen atoms in total. The molecule has 0 aliphatic rings. The van der Waals surface area contributed by atoms with Crippen molar-refractivity contribution in [1.29, 1.82) is 0 Å². The number of aromatic nitrogens is 1.